The molecule has 0 amide bonds. The lowest BCUT2D eigenvalue weighted by atomic mass is 10.0. The second kappa shape index (κ2) is 5.46. The highest BCUT2D eigenvalue weighted by atomic mass is 16.5. The van der Waals surface area contributed by atoms with Crippen LogP contribution in [0.5, 0.6) is 0 Å². The number of fused-ring (bicyclic) bond motifs is 1. The molecule has 2 heteroatoms. The van der Waals surface area contributed by atoms with Gasteiger partial charge in [0.2, 0.25) is 0 Å². The molecule has 1 aliphatic carbocycles. The van der Waals surface area contributed by atoms with Crippen molar-refractivity contribution < 1.29 is 9.84 Å². The summed E-state index contributed by atoms with van der Waals surface area (Å²) < 4.78 is 5.48. The second-order valence-electron chi connectivity index (χ2n) is 4.51. The summed E-state index contributed by atoms with van der Waals surface area (Å²) in [4.78, 5) is 0. The molecular formula is C14H20O2. The fourth-order valence-electron chi connectivity index (χ4n) is 2.40. The van der Waals surface area contributed by atoms with Gasteiger partial charge in [0.15, 0.2) is 0 Å². The number of rotatable bonds is 5. The van der Waals surface area contributed by atoms with E-state index in [9.17, 15) is 5.11 Å². The number of hydrogen-bond acceptors (Lipinski definition) is 2. The molecule has 0 radical (unpaired) electrons. The second-order valence-corrected chi connectivity index (χ2v) is 4.51. The Kier molecular flexibility index (Phi) is 3.97. The van der Waals surface area contributed by atoms with E-state index in [1.54, 1.807) is 0 Å². The number of aliphatic hydroxyl groups excluding tert-OH is 1. The lowest BCUT2D eigenvalue weighted by Gasteiger charge is -2.14. The Morgan fingerprint density at radius 1 is 1.31 bits per heavy atom. The lowest BCUT2D eigenvalue weighted by molar-refractivity contribution is 0.0747. The molecular weight excluding hydrogens is 200 g/mol. The van der Waals surface area contributed by atoms with E-state index in [0.717, 1.165) is 38.0 Å². The zero-order chi connectivity index (χ0) is 11.4. The maximum absolute atomic E-state index is 10.1. The fraction of sp³-hybridized carbons (Fsp3) is 0.571. The first-order valence-electron chi connectivity index (χ1n) is 6.16. The highest BCUT2D eigenvalue weighted by Crippen LogP contribution is 2.37. The van der Waals surface area contributed by atoms with Crippen LogP contribution in [0, 0.1) is 5.92 Å². The molecule has 0 bridgehead atoms. The molecule has 0 aromatic heterocycles. The molecule has 2 nitrogen and oxygen atoms in total. The van der Waals surface area contributed by atoms with E-state index < -0.39 is 0 Å². The van der Waals surface area contributed by atoms with Gasteiger partial charge in [0.25, 0.3) is 0 Å². The molecule has 0 saturated carbocycles. The number of benzene rings is 1. The van der Waals surface area contributed by atoms with E-state index in [1.807, 2.05) is 18.2 Å². The Hall–Kier alpha value is -0.860. The fourth-order valence-corrected chi connectivity index (χ4v) is 2.40. The monoisotopic (exact) mass is 220 g/mol. The van der Waals surface area contributed by atoms with Gasteiger partial charge in [-0.2, -0.15) is 0 Å². The van der Waals surface area contributed by atoms with Crippen LogP contribution in [-0.4, -0.2) is 18.3 Å². The topological polar surface area (TPSA) is 29.5 Å². The first-order valence-corrected chi connectivity index (χ1v) is 6.16. The SMILES string of the molecule is CCCOCCC1Cc2ccccc2C1O. The third kappa shape index (κ3) is 2.45. The zero-order valence-electron chi connectivity index (χ0n) is 9.86. The van der Waals surface area contributed by atoms with Gasteiger partial charge in [-0.1, -0.05) is 31.2 Å². The van der Waals surface area contributed by atoms with Crippen LogP contribution in [-0.2, 0) is 11.2 Å². The van der Waals surface area contributed by atoms with E-state index in [-0.39, 0.29) is 6.10 Å². The first-order chi connectivity index (χ1) is 7.83. The molecule has 2 rings (SSSR count). The van der Waals surface area contributed by atoms with Crippen LogP contribution >= 0.6 is 0 Å². The summed E-state index contributed by atoms with van der Waals surface area (Å²) in [6, 6.07) is 8.19. The Bertz CT molecular complexity index is 335. The largest absolute Gasteiger partial charge is 0.388 e. The van der Waals surface area contributed by atoms with Crippen LogP contribution in [0.15, 0.2) is 24.3 Å². The van der Waals surface area contributed by atoms with E-state index in [0.29, 0.717) is 5.92 Å². The average molecular weight is 220 g/mol. The van der Waals surface area contributed by atoms with Gasteiger partial charge in [-0.3, -0.25) is 0 Å². The molecule has 1 aliphatic rings. The summed E-state index contributed by atoms with van der Waals surface area (Å²) in [7, 11) is 0. The Labute approximate surface area is 97.3 Å². The molecule has 0 fully saturated rings. The van der Waals surface area contributed by atoms with Crippen molar-refractivity contribution in [2.45, 2.75) is 32.3 Å². The summed E-state index contributed by atoms with van der Waals surface area (Å²) in [5.74, 6) is 0.342. The standard InChI is InChI=1S/C14H20O2/c1-2-8-16-9-7-12-10-11-5-3-4-6-13(11)14(12)15/h3-6,12,14-15H,2,7-10H2,1H3. The normalized spacial score (nSPS) is 23.4. The minimum atomic E-state index is -0.290. The van der Waals surface area contributed by atoms with Crippen LogP contribution in [0.4, 0.5) is 0 Å². The molecule has 0 spiro atoms. The Morgan fingerprint density at radius 3 is 2.88 bits per heavy atom. The molecule has 1 aromatic carbocycles. The van der Waals surface area contributed by atoms with E-state index in [1.165, 1.54) is 5.56 Å². The van der Waals surface area contributed by atoms with Crippen LogP contribution in [0.1, 0.15) is 37.0 Å². The van der Waals surface area contributed by atoms with Crippen molar-refractivity contribution >= 4 is 0 Å². The molecule has 16 heavy (non-hydrogen) atoms. The van der Waals surface area contributed by atoms with E-state index >= 15 is 0 Å². The van der Waals surface area contributed by atoms with Gasteiger partial charge in [-0.05, 0) is 36.3 Å². The third-order valence-electron chi connectivity index (χ3n) is 3.28. The smallest absolute Gasteiger partial charge is 0.0824 e. The van der Waals surface area contributed by atoms with Crippen molar-refractivity contribution in [1.82, 2.24) is 0 Å². The molecule has 2 unspecified atom stereocenters. The van der Waals surface area contributed by atoms with Gasteiger partial charge < -0.3 is 9.84 Å². The van der Waals surface area contributed by atoms with Gasteiger partial charge in [-0.25, -0.2) is 0 Å². The Balaban J connectivity index is 1.87. The van der Waals surface area contributed by atoms with E-state index in [4.69, 9.17) is 4.74 Å². The lowest BCUT2D eigenvalue weighted by Crippen LogP contribution is -2.10. The van der Waals surface area contributed by atoms with Crippen molar-refractivity contribution in [1.29, 1.82) is 0 Å². The number of aliphatic hydroxyl groups is 1. The molecule has 0 aliphatic heterocycles. The maximum atomic E-state index is 10.1. The molecule has 0 heterocycles. The summed E-state index contributed by atoms with van der Waals surface area (Å²) >= 11 is 0. The van der Waals surface area contributed by atoms with Gasteiger partial charge >= 0.3 is 0 Å². The van der Waals surface area contributed by atoms with Gasteiger partial charge in [0, 0.05) is 13.2 Å². The molecule has 88 valence electrons. The molecule has 1 N–H and O–H groups in total. The summed E-state index contributed by atoms with van der Waals surface area (Å²) in [5, 5.41) is 10.1. The molecule has 1 aromatic rings. The van der Waals surface area contributed by atoms with Crippen molar-refractivity contribution in [2.24, 2.45) is 5.92 Å². The quantitative estimate of drug-likeness (QED) is 0.773. The van der Waals surface area contributed by atoms with Gasteiger partial charge in [0.05, 0.1) is 6.10 Å². The predicted octanol–water partition coefficient (Wildman–Crippen LogP) is 2.71. The number of ether oxygens (including phenoxy) is 1. The van der Waals surface area contributed by atoms with Crippen LogP contribution in [0.25, 0.3) is 0 Å². The number of hydrogen-bond donors (Lipinski definition) is 1. The Morgan fingerprint density at radius 2 is 2.12 bits per heavy atom. The highest BCUT2D eigenvalue weighted by Gasteiger charge is 2.29. The zero-order valence-corrected chi connectivity index (χ0v) is 9.86. The van der Waals surface area contributed by atoms with Crippen LogP contribution in [0.2, 0.25) is 0 Å². The highest BCUT2D eigenvalue weighted by molar-refractivity contribution is 5.34. The van der Waals surface area contributed by atoms with E-state index in [2.05, 4.69) is 13.0 Å². The first kappa shape index (κ1) is 11.6. The van der Waals surface area contributed by atoms with Crippen LogP contribution in [0.3, 0.4) is 0 Å². The van der Waals surface area contributed by atoms with Crippen molar-refractivity contribution in [2.75, 3.05) is 13.2 Å². The maximum Gasteiger partial charge on any atom is 0.0824 e. The third-order valence-corrected chi connectivity index (χ3v) is 3.28. The molecule has 2 atom stereocenters. The molecule has 0 saturated heterocycles. The van der Waals surface area contributed by atoms with Crippen molar-refractivity contribution in [3.05, 3.63) is 35.4 Å². The minimum absolute atomic E-state index is 0.290. The summed E-state index contributed by atoms with van der Waals surface area (Å²) in [5.41, 5.74) is 2.42. The van der Waals surface area contributed by atoms with Crippen molar-refractivity contribution in [3.63, 3.8) is 0 Å². The van der Waals surface area contributed by atoms with Gasteiger partial charge in [-0.15, -0.1) is 0 Å². The van der Waals surface area contributed by atoms with Gasteiger partial charge in [0.1, 0.15) is 0 Å². The average Bonchev–Trinajstić information content (AvgIpc) is 2.63. The minimum Gasteiger partial charge on any atom is -0.388 e. The van der Waals surface area contributed by atoms with Crippen LogP contribution < -0.4 is 0 Å². The predicted molar refractivity (Wildman–Crippen MR) is 64.3 cm³/mol. The van der Waals surface area contributed by atoms with Crippen molar-refractivity contribution in [3.8, 4) is 0 Å². The summed E-state index contributed by atoms with van der Waals surface area (Å²) in [6.07, 6.45) is 2.72. The summed E-state index contributed by atoms with van der Waals surface area (Å²) in [6.45, 7) is 3.71.